The van der Waals surface area contributed by atoms with E-state index in [4.69, 9.17) is 0 Å². The minimum atomic E-state index is -0.117. The Kier molecular flexibility index (Phi) is 4.25. The standard InChI is InChI=1S/C17H15N3OS/c1-22-16-8-4-14(5-9-16)19-17(21)13-2-6-15(7-3-13)20-11-10-18-12-20/h2-12H,1H3,(H,19,21). The van der Waals surface area contributed by atoms with Crippen LogP contribution in [0.15, 0.2) is 72.1 Å². The summed E-state index contributed by atoms with van der Waals surface area (Å²) in [5.41, 5.74) is 2.39. The second-order valence-corrected chi connectivity index (χ2v) is 5.58. The van der Waals surface area contributed by atoms with E-state index in [1.54, 1.807) is 36.4 Å². The third kappa shape index (κ3) is 3.20. The maximum Gasteiger partial charge on any atom is 0.255 e. The van der Waals surface area contributed by atoms with Crippen LogP contribution in [0, 0.1) is 0 Å². The van der Waals surface area contributed by atoms with Gasteiger partial charge in [0, 0.05) is 34.2 Å². The summed E-state index contributed by atoms with van der Waals surface area (Å²) in [5.74, 6) is -0.117. The Morgan fingerprint density at radius 1 is 1.09 bits per heavy atom. The van der Waals surface area contributed by atoms with Crippen molar-refractivity contribution in [2.24, 2.45) is 0 Å². The molecule has 110 valence electrons. The molecule has 2 aromatic carbocycles. The number of anilines is 1. The zero-order valence-corrected chi connectivity index (χ0v) is 12.9. The smallest absolute Gasteiger partial charge is 0.255 e. The van der Waals surface area contributed by atoms with Crippen LogP contribution in [0.1, 0.15) is 10.4 Å². The van der Waals surface area contributed by atoms with Crippen LogP contribution in [0.3, 0.4) is 0 Å². The number of nitrogens with zero attached hydrogens (tertiary/aromatic N) is 2. The molecule has 0 radical (unpaired) electrons. The number of carbonyl (C=O) groups is 1. The number of rotatable bonds is 4. The van der Waals surface area contributed by atoms with E-state index < -0.39 is 0 Å². The molecule has 0 fully saturated rings. The van der Waals surface area contributed by atoms with Crippen LogP contribution in [-0.2, 0) is 0 Å². The van der Waals surface area contributed by atoms with E-state index in [2.05, 4.69) is 10.3 Å². The largest absolute Gasteiger partial charge is 0.322 e. The first-order valence-corrected chi connectivity index (χ1v) is 8.02. The molecule has 1 aromatic heterocycles. The Bertz CT molecular complexity index is 750. The highest BCUT2D eigenvalue weighted by atomic mass is 32.2. The molecule has 0 bridgehead atoms. The summed E-state index contributed by atoms with van der Waals surface area (Å²) < 4.78 is 1.89. The van der Waals surface area contributed by atoms with E-state index in [9.17, 15) is 4.79 Å². The van der Waals surface area contributed by atoms with Crippen LogP contribution in [0.25, 0.3) is 5.69 Å². The number of carbonyl (C=O) groups excluding carboxylic acids is 1. The molecule has 3 rings (SSSR count). The van der Waals surface area contributed by atoms with Gasteiger partial charge < -0.3 is 9.88 Å². The van der Waals surface area contributed by atoms with Crippen molar-refractivity contribution >= 4 is 23.4 Å². The van der Waals surface area contributed by atoms with Gasteiger partial charge in [0.05, 0.1) is 6.33 Å². The quantitative estimate of drug-likeness (QED) is 0.745. The predicted molar refractivity (Wildman–Crippen MR) is 89.7 cm³/mol. The van der Waals surface area contributed by atoms with Crippen molar-refractivity contribution in [2.75, 3.05) is 11.6 Å². The summed E-state index contributed by atoms with van der Waals surface area (Å²) in [5, 5.41) is 2.90. The zero-order valence-electron chi connectivity index (χ0n) is 12.1. The Morgan fingerprint density at radius 2 is 1.82 bits per heavy atom. The molecule has 3 aromatic rings. The van der Waals surface area contributed by atoms with Gasteiger partial charge in [-0.2, -0.15) is 0 Å². The molecule has 0 atom stereocenters. The molecule has 1 amide bonds. The van der Waals surface area contributed by atoms with Crippen molar-refractivity contribution in [3.63, 3.8) is 0 Å². The van der Waals surface area contributed by atoms with Gasteiger partial charge in [0.25, 0.3) is 5.91 Å². The van der Waals surface area contributed by atoms with Crippen LogP contribution < -0.4 is 5.32 Å². The summed E-state index contributed by atoms with van der Waals surface area (Å²) in [6.07, 6.45) is 7.33. The molecule has 0 aliphatic rings. The summed E-state index contributed by atoms with van der Waals surface area (Å²) in [4.78, 5) is 17.4. The molecule has 0 saturated carbocycles. The summed E-state index contributed by atoms with van der Waals surface area (Å²) in [7, 11) is 0. The van der Waals surface area contributed by atoms with E-state index in [1.165, 1.54) is 4.90 Å². The summed E-state index contributed by atoms with van der Waals surface area (Å²) >= 11 is 1.67. The zero-order chi connectivity index (χ0) is 15.4. The van der Waals surface area contributed by atoms with Gasteiger partial charge in [-0.25, -0.2) is 4.98 Å². The topological polar surface area (TPSA) is 46.9 Å². The number of imidazole rings is 1. The van der Waals surface area contributed by atoms with E-state index in [1.807, 2.05) is 53.4 Å². The van der Waals surface area contributed by atoms with Gasteiger partial charge >= 0.3 is 0 Å². The van der Waals surface area contributed by atoms with Crippen molar-refractivity contribution in [3.05, 3.63) is 72.8 Å². The average molecular weight is 309 g/mol. The van der Waals surface area contributed by atoms with Crippen molar-refractivity contribution in [1.29, 1.82) is 0 Å². The number of nitrogens with one attached hydrogen (secondary N) is 1. The number of hydrogen-bond donors (Lipinski definition) is 1. The third-order valence-electron chi connectivity index (χ3n) is 3.28. The van der Waals surface area contributed by atoms with Crippen LogP contribution in [-0.4, -0.2) is 21.7 Å². The van der Waals surface area contributed by atoms with E-state index in [-0.39, 0.29) is 5.91 Å². The molecular formula is C17H15N3OS. The van der Waals surface area contributed by atoms with Crippen LogP contribution in [0.5, 0.6) is 0 Å². The lowest BCUT2D eigenvalue weighted by Crippen LogP contribution is -2.11. The highest BCUT2D eigenvalue weighted by Gasteiger charge is 2.06. The predicted octanol–water partition coefficient (Wildman–Crippen LogP) is 3.85. The normalized spacial score (nSPS) is 10.4. The lowest BCUT2D eigenvalue weighted by Gasteiger charge is -2.07. The molecule has 1 heterocycles. The molecule has 1 N–H and O–H groups in total. The van der Waals surface area contributed by atoms with E-state index >= 15 is 0 Å². The van der Waals surface area contributed by atoms with Gasteiger partial charge in [-0.15, -0.1) is 11.8 Å². The van der Waals surface area contributed by atoms with E-state index in [0.29, 0.717) is 5.56 Å². The van der Waals surface area contributed by atoms with Crippen LogP contribution in [0.4, 0.5) is 5.69 Å². The van der Waals surface area contributed by atoms with Crippen molar-refractivity contribution < 1.29 is 4.79 Å². The maximum absolute atomic E-state index is 12.2. The second-order valence-electron chi connectivity index (χ2n) is 4.70. The molecule has 0 aliphatic carbocycles. The first-order valence-electron chi connectivity index (χ1n) is 6.80. The third-order valence-corrected chi connectivity index (χ3v) is 4.02. The molecule has 0 unspecified atom stereocenters. The fourth-order valence-corrected chi connectivity index (χ4v) is 2.48. The molecular weight excluding hydrogens is 294 g/mol. The van der Waals surface area contributed by atoms with Crippen molar-refractivity contribution in [1.82, 2.24) is 9.55 Å². The Balaban J connectivity index is 1.71. The van der Waals surface area contributed by atoms with Crippen LogP contribution >= 0.6 is 11.8 Å². The SMILES string of the molecule is CSc1ccc(NC(=O)c2ccc(-n3ccnc3)cc2)cc1. The molecule has 0 aliphatic heterocycles. The number of thioether (sulfide) groups is 1. The van der Waals surface area contributed by atoms with Gasteiger partial charge in [-0.1, -0.05) is 0 Å². The highest BCUT2D eigenvalue weighted by molar-refractivity contribution is 7.98. The summed E-state index contributed by atoms with van der Waals surface area (Å²) in [6, 6.07) is 15.2. The van der Waals surface area contributed by atoms with Gasteiger partial charge in [0.15, 0.2) is 0 Å². The van der Waals surface area contributed by atoms with Gasteiger partial charge in [-0.05, 0) is 54.8 Å². The minimum absolute atomic E-state index is 0.117. The monoisotopic (exact) mass is 309 g/mol. The van der Waals surface area contributed by atoms with Crippen molar-refractivity contribution in [2.45, 2.75) is 4.90 Å². The maximum atomic E-state index is 12.2. The summed E-state index contributed by atoms with van der Waals surface area (Å²) in [6.45, 7) is 0. The Hall–Kier alpha value is -2.53. The highest BCUT2D eigenvalue weighted by Crippen LogP contribution is 2.18. The number of hydrogen-bond acceptors (Lipinski definition) is 3. The first kappa shape index (κ1) is 14.4. The number of aromatic nitrogens is 2. The van der Waals surface area contributed by atoms with E-state index in [0.717, 1.165) is 11.4 Å². The lowest BCUT2D eigenvalue weighted by atomic mass is 10.2. The fourth-order valence-electron chi connectivity index (χ4n) is 2.07. The molecule has 0 saturated heterocycles. The Morgan fingerprint density at radius 3 is 2.41 bits per heavy atom. The van der Waals surface area contributed by atoms with Gasteiger partial charge in [0.1, 0.15) is 0 Å². The molecule has 22 heavy (non-hydrogen) atoms. The van der Waals surface area contributed by atoms with Gasteiger partial charge in [-0.3, -0.25) is 4.79 Å². The lowest BCUT2D eigenvalue weighted by molar-refractivity contribution is 0.102. The number of benzene rings is 2. The van der Waals surface area contributed by atoms with Gasteiger partial charge in [0.2, 0.25) is 0 Å². The minimum Gasteiger partial charge on any atom is -0.322 e. The Labute approximate surface area is 133 Å². The molecule has 0 spiro atoms. The fraction of sp³-hybridized carbons (Fsp3) is 0.0588. The van der Waals surface area contributed by atoms with Crippen LogP contribution in [0.2, 0.25) is 0 Å². The first-order chi connectivity index (χ1) is 10.8. The molecule has 5 heteroatoms. The second kappa shape index (κ2) is 6.49. The number of amides is 1. The average Bonchev–Trinajstić information content (AvgIpc) is 3.10. The molecule has 4 nitrogen and oxygen atoms in total. The van der Waals surface area contributed by atoms with Crippen molar-refractivity contribution in [3.8, 4) is 5.69 Å².